The molecule has 2 aliphatic rings. The van der Waals surface area contributed by atoms with E-state index in [1.54, 1.807) is 0 Å². The molecular weight excluding hydrogens is 341 g/mol. The van der Waals surface area contributed by atoms with Gasteiger partial charge in [-0.15, -0.1) is 0 Å². The number of halogens is 1. The number of fused-ring (bicyclic) bond motifs is 1. The van der Waals surface area contributed by atoms with Gasteiger partial charge in [0.15, 0.2) is 12.4 Å². The lowest BCUT2D eigenvalue weighted by Gasteiger charge is -2.19. The Hall–Kier alpha value is -2.57. The molecule has 0 radical (unpaired) electrons. The third kappa shape index (κ3) is 3.81. The number of amides is 2. The summed E-state index contributed by atoms with van der Waals surface area (Å²) in [5.74, 6) is -2.45. The van der Waals surface area contributed by atoms with Crippen molar-refractivity contribution in [3.05, 3.63) is 35.6 Å². The zero-order valence-electron chi connectivity index (χ0n) is 14.3. The van der Waals surface area contributed by atoms with Crippen LogP contribution >= 0.6 is 0 Å². The second-order valence-corrected chi connectivity index (χ2v) is 6.67. The van der Waals surface area contributed by atoms with Crippen LogP contribution in [0.2, 0.25) is 0 Å². The predicted octanol–water partition coefficient (Wildman–Crippen LogP) is 2.12. The van der Waals surface area contributed by atoms with Crippen LogP contribution in [0.15, 0.2) is 24.3 Å². The number of esters is 1. The molecule has 3 rings (SSSR count). The Kier molecular flexibility index (Phi) is 5.44. The summed E-state index contributed by atoms with van der Waals surface area (Å²) in [6, 6.07) is 4.93. The molecule has 2 fully saturated rings. The van der Waals surface area contributed by atoms with Crippen molar-refractivity contribution >= 4 is 23.6 Å². The van der Waals surface area contributed by atoms with Gasteiger partial charge in [0.2, 0.25) is 11.8 Å². The van der Waals surface area contributed by atoms with Gasteiger partial charge >= 0.3 is 5.97 Å². The average Bonchev–Trinajstić information content (AvgIpc) is 2.89. The van der Waals surface area contributed by atoms with E-state index in [1.165, 1.54) is 12.1 Å². The number of imide groups is 1. The quantitative estimate of drug-likeness (QED) is 0.440. The SMILES string of the molecule is O=C(CCN1C(=O)[C@H]2CCCC[C@H]2C1=O)OCC(=O)c1ccc(F)cc1. The second-order valence-electron chi connectivity index (χ2n) is 6.67. The van der Waals surface area contributed by atoms with E-state index in [4.69, 9.17) is 4.74 Å². The predicted molar refractivity (Wildman–Crippen MR) is 88.5 cm³/mol. The van der Waals surface area contributed by atoms with Crippen molar-refractivity contribution in [3.63, 3.8) is 0 Å². The van der Waals surface area contributed by atoms with E-state index in [0.717, 1.165) is 42.7 Å². The number of Topliss-reactive ketones (excluding diaryl/α,β-unsaturated/α-hetero) is 1. The summed E-state index contributed by atoms with van der Waals surface area (Å²) in [6.07, 6.45) is 3.20. The van der Waals surface area contributed by atoms with Crippen LogP contribution in [-0.4, -0.2) is 41.6 Å². The van der Waals surface area contributed by atoms with E-state index in [2.05, 4.69) is 0 Å². The maximum atomic E-state index is 12.8. The van der Waals surface area contributed by atoms with Crippen LogP contribution in [0.5, 0.6) is 0 Å². The number of benzene rings is 1. The molecule has 7 heteroatoms. The van der Waals surface area contributed by atoms with Crippen LogP contribution in [0.1, 0.15) is 42.5 Å². The van der Waals surface area contributed by atoms with Crippen molar-refractivity contribution in [2.45, 2.75) is 32.1 Å². The lowest BCUT2D eigenvalue weighted by Crippen LogP contribution is -2.33. The van der Waals surface area contributed by atoms with E-state index in [0.29, 0.717) is 0 Å². The summed E-state index contributed by atoms with van der Waals surface area (Å²) in [6.45, 7) is -0.480. The van der Waals surface area contributed by atoms with Crippen molar-refractivity contribution in [1.29, 1.82) is 0 Å². The monoisotopic (exact) mass is 361 g/mol. The Morgan fingerprint density at radius 3 is 2.19 bits per heavy atom. The largest absolute Gasteiger partial charge is 0.457 e. The van der Waals surface area contributed by atoms with Gasteiger partial charge in [0.25, 0.3) is 0 Å². The number of ketones is 1. The van der Waals surface area contributed by atoms with Crippen LogP contribution in [-0.2, 0) is 19.1 Å². The molecule has 1 aromatic rings. The fourth-order valence-electron chi connectivity index (χ4n) is 3.59. The highest BCUT2D eigenvalue weighted by Crippen LogP contribution is 2.37. The fourth-order valence-corrected chi connectivity index (χ4v) is 3.59. The van der Waals surface area contributed by atoms with Gasteiger partial charge < -0.3 is 4.74 Å². The second kappa shape index (κ2) is 7.76. The summed E-state index contributed by atoms with van der Waals surface area (Å²) >= 11 is 0. The molecule has 0 unspecified atom stereocenters. The van der Waals surface area contributed by atoms with Gasteiger partial charge in [0, 0.05) is 12.1 Å². The molecule has 1 saturated heterocycles. The van der Waals surface area contributed by atoms with Gasteiger partial charge in [-0.05, 0) is 37.1 Å². The Bertz CT molecular complexity index is 706. The fraction of sp³-hybridized carbons (Fsp3) is 0.474. The molecule has 1 heterocycles. The first-order chi connectivity index (χ1) is 12.5. The zero-order chi connectivity index (χ0) is 18.7. The molecule has 26 heavy (non-hydrogen) atoms. The van der Waals surface area contributed by atoms with E-state index in [1.807, 2.05) is 0 Å². The summed E-state index contributed by atoms with van der Waals surface area (Å²) in [7, 11) is 0. The number of hydrogen-bond donors (Lipinski definition) is 0. The normalized spacial score (nSPS) is 22.3. The molecule has 2 amide bonds. The van der Waals surface area contributed by atoms with Crippen molar-refractivity contribution in [2.24, 2.45) is 11.8 Å². The van der Waals surface area contributed by atoms with Crippen LogP contribution < -0.4 is 0 Å². The average molecular weight is 361 g/mol. The minimum atomic E-state index is -0.657. The summed E-state index contributed by atoms with van der Waals surface area (Å²) < 4.78 is 17.7. The van der Waals surface area contributed by atoms with Crippen molar-refractivity contribution in [2.75, 3.05) is 13.2 Å². The molecule has 1 aliphatic heterocycles. The molecule has 1 aromatic carbocycles. The standard InChI is InChI=1S/C19H20FNO5/c20-13-7-5-12(6-8-13)16(22)11-26-17(23)9-10-21-18(24)14-3-1-2-4-15(14)19(21)25/h5-8,14-15H,1-4,9-11H2/t14-,15+. The lowest BCUT2D eigenvalue weighted by atomic mass is 9.81. The minimum absolute atomic E-state index is 0.0196. The van der Waals surface area contributed by atoms with Crippen molar-refractivity contribution < 1.29 is 28.3 Å². The number of carbonyl (C=O) groups excluding carboxylic acids is 4. The van der Waals surface area contributed by atoms with Gasteiger partial charge in [-0.3, -0.25) is 24.1 Å². The Labute approximate surface area is 150 Å². The molecule has 0 aromatic heterocycles. The maximum Gasteiger partial charge on any atom is 0.308 e. The van der Waals surface area contributed by atoms with E-state index >= 15 is 0 Å². The number of nitrogens with zero attached hydrogens (tertiary/aromatic N) is 1. The Balaban J connectivity index is 1.47. The molecule has 1 aliphatic carbocycles. The van der Waals surface area contributed by atoms with Gasteiger partial charge in [-0.1, -0.05) is 12.8 Å². The van der Waals surface area contributed by atoms with Crippen LogP contribution in [0.4, 0.5) is 4.39 Å². The molecule has 2 atom stereocenters. The van der Waals surface area contributed by atoms with Crippen LogP contribution in [0.25, 0.3) is 0 Å². The third-order valence-electron chi connectivity index (χ3n) is 5.00. The number of carbonyl (C=O) groups is 4. The summed E-state index contributed by atoms with van der Waals surface area (Å²) in [4.78, 5) is 49.5. The Morgan fingerprint density at radius 1 is 1.04 bits per heavy atom. The molecule has 1 saturated carbocycles. The highest BCUT2D eigenvalue weighted by atomic mass is 19.1. The minimum Gasteiger partial charge on any atom is -0.457 e. The van der Waals surface area contributed by atoms with Gasteiger partial charge in [-0.25, -0.2) is 4.39 Å². The number of likely N-dealkylation sites (tertiary alicyclic amines) is 1. The number of ether oxygens (including phenoxy) is 1. The maximum absolute atomic E-state index is 12.8. The number of rotatable bonds is 6. The van der Waals surface area contributed by atoms with Gasteiger partial charge in [-0.2, -0.15) is 0 Å². The lowest BCUT2D eigenvalue weighted by molar-refractivity contribution is -0.145. The molecule has 138 valence electrons. The molecular formula is C19H20FNO5. The summed E-state index contributed by atoms with van der Waals surface area (Å²) in [5, 5.41) is 0. The molecule has 0 spiro atoms. The first-order valence-corrected chi connectivity index (χ1v) is 8.77. The van der Waals surface area contributed by atoms with E-state index in [-0.39, 0.29) is 42.2 Å². The zero-order valence-corrected chi connectivity index (χ0v) is 14.3. The smallest absolute Gasteiger partial charge is 0.308 e. The first kappa shape index (κ1) is 18.2. The third-order valence-corrected chi connectivity index (χ3v) is 5.00. The van der Waals surface area contributed by atoms with E-state index in [9.17, 15) is 23.6 Å². The van der Waals surface area contributed by atoms with Crippen LogP contribution in [0.3, 0.4) is 0 Å². The van der Waals surface area contributed by atoms with E-state index < -0.39 is 24.2 Å². The summed E-state index contributed by atoms with van der Waals surface area (Å²) in [5.41, 5.74) is 0.244. The molecule has 0 N–H and O–H groups in total. The van der Waals surface area contributed by atoms with Crippen LogP contribution in [0, 0.1) is 17.7 Å². The van der Waals surface area contributed by atoms with Gasteiger partial charge in [0.05, 0.1) is 18.3 Å². The topological polar surface area (TPSA) is 80.8 Å². The first-order valence-electron chi connectivity index (χ1n) is 8.77. The Morgan fingerprint density at radius 2 is 1.62 bits per heavy atom. The van der Waals surface area contributed by atoms with Gasteiger partial charge in [0.1, 0.15) is 5.82 Å². The number of hydrogen-bond acceptors (Lipinski definition) is 5. The highest BCUT2D eigenvalue weighted by Gasteiger charge is 2.47. The molecule has 0 bridgehead atoms. The molecule has 6 nitrogen and oxygen atoms in total. The van der Waals surface area contributed by atoms with Crippen molar-refractivity contribution in [3.8, 4) is 0 Å². The highest BCUT2D eigenvalue weighted by molar-refractivity contribution is 6.05. The van der Waals surface area contributed by atoms with Crippen molar-refractivity contribution in [1.82, 2.24) is 4.90 Å².